The van der Waals surface area contributed by atoms with Crippen LogP contribution in [0.4, 0.5) is 0 Å². The van der Waals surface area contributed by atoms with Gasteiger partial charge in [0.2, 0.25) is 29.5 Å². The summed E-state index contributed by atoms with van der Waals surface area (Å²) in [5.41, 5.74) is -0.726. The van der Waals surface area contributed by atoms with E-state index in [4.69, 9.17) is 9.47 Å². The molecule has 4 atom stereocenters. The summed E-state index contributed by atoms with van der Waals surface area (Å²) in [6, 6.07) is -3.18. The summed E-state index contributed by atoms with van der Waals surface area (Å²) >= 11 is 0. The average molecular weight is 628 g/mol. The van der Waals surface area contributed by atoms with Gasteiger partial charge < -0.3 is 35.6 Å². The number of esters is 1. The third-order valence-electron chi connectivity index (χ3n) is 6.82. The van der Waals surface area contributed by atoms with Gasteiger partial charge in [0.1, 0.15) is 30.8 Å². The third kappa shape index (κ3) is 10.8. The van der Waals surface area contributed by atoms with Crippen molar-refractivity contribution in [1.82, 2.24) is 26.2 Å². The minimum Gasteiger partial charge on any atom is -0.456 e. The normalized spacial score (nSPS) is 28.4. The maximum atomic E-state index is 13.5. The molecule has 5 amide bonds. The van der Waals surface area contributed by atoms with Crippen LogP contribution in [0.25, 0.3) is 0 Å². The highest BCUT2D eigenvalue weighted by Crippen LogP contribution is 2.25. The number of morpholine rings is 1. The zero-order chi connectivity index (χ0) is 30.7. The van der Waals surface area contributed by atoms with Crippen molar-refractivity contribution in [3.05, 3.63) is 12.2 Å². The number of amides is 5. The zero-order valence-corrected chi connectivity index (χ0v) is 25.9. The molecule has 3 rings (SSSR count). The largest absolute Gasteiger partial charge is 0.456 e. The molecule has 0 aliphatic carbocycles. The second kappa shape index (κ2) is 16.2. The van der Waals surface area contributed by atoms with Crippen LogP contribution in [-0.4, -0.2) is 109 Å². The van der Waals surface area contributed by atoms with E-state index in [9.17, 15) is 28.8 Å². The molecule has 234 valence electrons. The minimum absolute atomic E-state index is 0.00267. The van der Waals surface area contributed by atoms with E-state index in [1.54, 1.807) is 37.8 Å². The Bertz CT molecular complexity index is 1040. The Morgan fingerprint density at radius 2 is 1.74 bits per heavy atom. The van der Waals surface area contributed by atoms with Gasteiger partial charge in [0.25, 0.3) is 0 Å². The van der Waals surface area contributed by atoms with Crippen LogP contribution in [0.3, 0.4) is 0 Å². The number of hydrogen-bond acceptors (Lipinski definition) is 10. The van der Waals surface area contributed by atoms with Gasteiger partial charge in [0, 0.05) is 31.0 Å². The Balaban J connectivity index is 1.92. The van der Waals surface area contributed by atoms with Crippen molar-refractivity contribution in [2.75, 3.05) is 44.4 Å². The van der Waals surface area contributed by atoms with Crippen LogP contribution in [0, 0.1) is 5.41 Å². The van der Waals surface area contributed by atoms with E-state index in [1.165, 1.54) is 21.6 Å². The van der Waals surface area contributed by atoms with Crippen molar-refractivity contribution in [1.29, 1.82) is 0 Å². The number of carbonyl (C=O) groups excluding carboxylic acids is 6. The first kappa shape index (κ1) is 33.7. The second-order valence-electron chi connectivity index (χ2n) is 11.3. The molecule has 2 fully saturated rings. The maximum absolute atomic E-state index is 13.5. The molecule has 0 aromatic carbocycles. The van der Waals surface area contributed by atoms with Crippen LogP contribution < -0.4 is 21.3 Å². The van der Waals surface area contributed by atoms with Gasteiger partial charge in [-0.15, -0.1) is 0 Å². The maximum Gasteiger partial charge on any atom is 0.326 e. The van der Waals surface area contributed by atoms with Crippen LogP contribution in [0.15, 0.2) is 12.2 Å². The minimum atomic E-state index is -1.13. The number of nitrogens with zero attached hydrogens (tertiary/aromatic N) is 1. The number of hydrogen-bond donors (Lipinski definition) is 4. The fourth-order valence-corrected chi connectivity index (χ4v) is 6.63. The quantitative estimate of drug-likeness (QED) is 0.188. The Hall–Kier alpha value is -2.78. The van der Waals surface area contributed by atoms with Crippen molar-refractivity contribution < 1.29 is 38.2 Å². The molecule has 3 heterocycles. The lowest BCUT2D eigenvalue weighted by atomic mass is 9.86. The van der Waals surface area contributed by atoms with E-state index < -0.39 is 65.8 Å². The molecule has 13 nitrogen and oxygen atoms in total. The Kier molecular flexibility index (Phi) is 13.0. The summed E-state index contributed by atoms with van der Waals surface area (Å²) in [6.07, 6.45) is 2.82. The lowest BCUT2D eigenvalue weighted by Crippen LogP contribution is -2.60. The molecule has 15 heteroatoms. The predicted molar refractivity (Wildman–Crippen MR) is 158 cm³/mol. The highest BCUT2D eigenvalue weighted by atomic mass is 33.1. The monoisotopic (exact) mass is 627 g/mol. The molecule has 0 aromatic heterocycles. The Labute approximate surface area is 253 Å². The summed E-state index contributed by atoms with van der Waals surface area (Å²) in [4.78, 5) is 80.3. The third-order valence-corrected chi connectivity index (χ3v) is 9.27. The molecule has 0 radical (unpaired) electrons. The van der Waals surface area contributed by atoms with Gasteiger partial charge in [-0.05, 0) is 24.3 Å². The second-order valence-corrected chi connectivity index (χ2v) is 13.9. The van der Waals surface area contributed by atoms with Crippen molar-refractivity contribution in [3.63, 3.8) is 0 Å². The number of nitrogens with one attached hydrogen (secondary N) is 4. The fraction of sp³-hybridized carbons (Fsp3) is 0.704. The molecule has 3 aliphatic rings. The van der Waals surface area contributed by atoms with Crippen molar-refractivity contribution in [2.24, 2.45) is 5.41 Å². The molecule has 42 heavy (non-hydrogen) atoms. The molecule has 0 saturated carbocycles. The topological polar surface area (TPSA) is 172 Å². The van der Waals surface area contributed by atoms with E-state index in [0.717, 1.165) is 0 Å². The summed E-state index contributed by atoms with van der Waals surface area (Å²) in [6.45, 7) is 6.61. The van der Waals surface area contributed by atoms with Gasteiger partial charge in [-0.3, -0.25) is 28.8 Å². The van der Waals surface area contributed by atoms with Gasteiger partial charge in [-0.1, -0.05) is 48.4 Å². The van der Waals surface area contributed by atoms with Gasteiger partial charge in [-0.2, -0.15) is 0 Å². The van der Waals surface area contributed by atoms with Crippen molar-refractivity contribution in [3.8, 4) is 0 Å². The van der Waals surface area contributed by atoms with Crippen LogP contribution in [0.5, 0.6) is 0 Å². The lowest BCUT2D eigenvalue weighted by Gasteiger charge is -2.32. The van der Waals surface area contributed by atoms with E-state index >= 15 is 0 Å². The highest BCUT2D eigenvalue weighted by molar-refractivity contribution is 8.76. The zero-order valence-electron chi connectivity index (χ0n) is 24.3. The Morgan fingerprint density at radius 3 is 2.45 bits per heavy atom. The van der Waals surface area contributed by atoms with E-state index in [2.05, 4.69) is 21.3 Å². The molecule has 2 saturated heterocycles. The van der Waals surface area contributed by atoms with Crippen molar-refractivity contribution in [2.45, 2.75) is 70.7 Å². The first-order valence-electron chi connectivity index (χ1n) is 14.1. The Morgan fingerprint density at radius 1 is 1.00 bits per heavy atom. The summed E-state index contributed by atoms with van der Waals surface area (Å²) in [7, 11) is 2.89. The molecule has 2 bridgehead atoms. The number of carbonyl (C=O) groups is 6. The molecule has 3 aliphatic heterocycles. The molecule has 0 spiro atoms. The molecule has 0 aromatic rings. The summed E-state index contributed by atoms with van der Waals surface area (Å²) in [5, 5.41) is 10.7. The predicted octanol–water partition coefficient (Wildman–Crippen LogP) is -0.101. The molecule has 4 N–H and O–H groups in total. The number of allylic oxidation sites excluding steroid dienone is 1. The van der Waals surface area contributed by atoms with Gasteiger partial charge >= 0.3 is 5.97 Å². The summed E-state index contributed by atoms with van der Waals surface area (Å²) in [5.74, 6) is -2.43. The number of rotatable bonds is 3. The lowest BCUT2D eigenvalue weighted by molar-refractivity contribution is -0.149. The first-order chi connectivity index (χ1) is 19.9. The van der Waals surface area contributed by atoms with Gasteiger partial charge in [0.15, 0.2) is 0 Å². The SMILES string of the molecule is CC(C)(C)[C@H]1NC(=O)[C@@H]2CSSCC/C=C/[C@H](CC(=O)N[C@H](CCC(=O)N3CCOCC3)C(=O)N2)OC(=O)CNC1=O. The molecular formula is C27H41N5O8S2. The van der Waals surface area contributed by atoms with Crippen LogP contribution >= 0.6 is 21.6 Å². The number of fused-ring (bicyclic) bond motifs is 7. The number of ether oxygens (including phenoxy) is 2. The summed E-state index contributed by atoms with van der Waals surface area (Å²) < 4.78 is 10.8. The van der Waals surface area contributed by atoms with Gasteiger partial charge in [-0.25, -0.2) is 0 Å². The molecular weight excluding hydrogens is 586 g/mol. The standard InChI is InChI=1S/C27H41N5O8S2/c1-27(2,3)23-26(38)28-15-22(35)40-17-6-4-5-13-41-42-16-19(25(37)31-23)30-24(36)18(29-20(33)14-17)7-8-21(34)32-9-11-39-12-10-32/h4,6,17-19,23H,5,7-16H2,1-3H3,(H,28,38)(H,29,33)(H,30,36)(H,31,37)/b6-4+/t17-,18-,19+,23+/m1/s1. The van der Waals surface area contributed by atoms with Crippen molar-refractivity contribution >= 4 is 57.1 Å². The average Bonchev–Trinajstić information content (AvgIpc) is 2.94. The van der Waals surface area contributed by atoms with Crippen LogP contribution in [0.2, 0.25) is 0 Å². The first-order valence-corrected chi connectivity index (χ1v) is 16.6. The van der Waals surface area contributed by atoms with E-state index in [1.807, 2.05) is 0 Å². The van der Waals surface area contributed by atoms with E-state index in [0.29, 0.717) is 38.5 Å². The van der Waals surface area contributed by atoms with Crippen LogP contribution in [-0.2, 0) is 38.2 Å². The van der Waals surface area contributed by atoms with E-state index in [-0.39, 0.29) is 30.9 Å². The van der Waals surface area contributed by atoms with Crippen LogP contribution in [0.1, 0.15) is 46.5 Å². The van der Waals surface area contributed by atoms with Gasteiger partial charge in [0.05, 0.1) is 19.6 Å². The highest BCUT2D eigenvalue weighted by Gasteiger charge is 2.36. The molecule has 0 unspecified atom stereocenters. The fourth-order valence-electron chi connectivity index (χ4n) is 4.48. The smallest absolute Gasteiger partial charge is 0.326 e.